The normalized spacial score (nSPS) is 12.7. The summed E-state index contributed by atoms with van der Waals surface area (Å²) in [6.45, 7) is 2.10. The van der Waals surface area contributed by atoms with Gasteiger partial charge in [-0.3, -0.25) is 0 Å². The van der Waals surface area contributed by atoms with E-state index in [2.05, 4.69) is 50.2 Å². The molecule has 2 aromatic rings. The van der Waals surface area contributed by atoms with Gasteiger partial charge < -0.3 is 9.73 Å². The molecule has 90 valence electrons. The quantitative estimate of drug-likeness (QED) is 0.878. The molecule has 17 heavy (non-hydrogen) atoms. The molecule has 0 aliphatic carbocycles. The summed E-state index contributed by atoms with van der Waals surface area (Å²) in [7, 11) is 1.93. The predicted molar refractivity (Wildman–Crippen MR) is 76.2 cm³/mol. The average molecular weight is 359 g/mol. The predicted octanol–water partition coefficient (Wildman–Crippen LogP) is 4.42. The highest BCUT2D eigenvalue weighted by molar-refractivity contribution is 9.10. The zero-order valence-electron chi connectivity index (χ0n) is 9.63. The molecule has 0 saturated heterocycles. The molecule has 1 N–H and O–H groups in total. The SMILES string of the molecule is CNC(c1ccc(Br)o1)c1cccc(Br)c1C. The lowest BCUT2D eigenvalue weighted by Crippen LogP contribution is -2.18. The van der Waals surface area contributed by atoms with Crippen molar-refractivity contribution in [2.24, 2.45) is 0 Å². The fraction of sp³-hybridized carbons (Fsp3) is 0.231. The number of hydrogen-bond acceptors (Lipinski definition) is 2. The number of furan rings is 1. The van der Waals surface area contributed by atoms with Crippen molar-refractivity contribution in [3.8, 4) is 0 Å². The van der Waals surface area contributed by atoms with Crippen LogP contribution in [0.2, 0.25) is 0 Å². The Balaban J connectivity index is 2.45. The minimum atomic E-state index is 0.0683. The molecule has 2 nitrogen and oxygen atoms in total. The Hall–Kier alpha value is -0.580. The highest BCUT2D eigenvalue weighted by Crippen LogP contribution is 2.30. The van der Waals surface area contributed by atoms with Crippen molar-refractivity contribution in [2.45, 2.75) is 13.0 Å². The van der Waals surface area contributed by atoms with Crippen LogP contribution in [0.3, 0.4) is 0 Å². The zero-order valence-corrected chi connectivity index (χ0v) is 12.8. The van der Waals surface area contributed by atoms with Gasteiger partial charge in [0.05, 0.1) is 6.04 Å². The molecule has 1 unspecified atom stereocenters. The lowest BCUT2D eigenvalue weighted by Gasteiger charge is -2.17. The summed E-state index contributed by atoms with van der Waals surface area (Å²) in [5, 5.41) is 3.28. The van der Waals surface area contributed by atoms with Crippen LogP contribution < -0.4 is 5.32 Å². The van der Waals surface area contributed by atoms with Crippen LogP contribution in [0.5, 0.6) is 0 Å². The van der Waals surface area contributed by atoms with Gasteiger partial charge in [-0.15, -0.1) is 0 Å². The summed E-state index contributed by atoms with van der Waals surface area (Å²) in [6, 6.07) is 10.1. The summed E-state index contributed by atoms with van der Waals surface area (Å²) in [4.78, 5) is 0. The van der Waals surface area contributed by atoms with Crippen molar-refractivity contribution in [3.05, 3.63) is 56.4 Å². The first kappa shape index (κ1) is 12.9. The van der Waals surface area contributed by atoms with E-state index >= 15 is 0 Å². The van der Waals surface area contributed by atoms with Gasteiger partial charge in [-0.05, 0) is 59.2 Å². The highest BCUT2D eigenvalue weighted by Gasteiger charge is 2.18. The van der Waals surface area contributed by atoms with Gasteiger partial charge in [0.2, 0.25) is 0 Å². The molecular weight excluding hydrogens is 346 g/mol. The van der Waals surface area contributed by atoms with Crippen LogP contribution in [0.25, 0.3) is 0 Å². The van der Waals surface area contributed by atoms with Gasteiger partial charge in [0.25, 0.3) is 0 Å². The van der Waals surface area contributed by atoms with Gasteiger partial charge >= 0.3 is 0 Å². The summed E-state index contributed by atoms with van der Waals surface area (Å²) in [5.41, 5.74) is 2.43. The second kappa shape index (κ2) is 5.38. The van der Waals surface area contributed by atoms with Gasteiger partial charge in [0.1, 0.15) is 5.76 Å². The second-order valence-electron chi connectivity index (χ2n) is 3.82. The van der Waals surface area contributed by atoms with Crippen molar-refractivity contribution in [2.75, 3.05) is 7.05 Å². The van der Waals surface area contributed by atoms with Crippen LogP contribution in [-0.4, -0.2) is 7.05 Å². The average Bonchev–Trinajstić information content (AvgIpc) is 2.72. The van der Waals surface area contributed by atoms with Crippen LogP contribution >= 0.6 is 31.9 Å². The number of rotatable bonds is 3. The molecule has 1 atom stereocenters. The van der Waals surface area contributed by atoms with E-state index in [4.69, 9.17) is 4.42 Å². The standard InChI is InChI=1S/C13H13Br2NO/c1-8-9(4-3-5-10(8)14)13(16-2)11-6-7-12(15)17-11/h3-7,13,16H,1-2H3. The molecule has 0 spiro atoms. The molecule has 1 aromatic heterocycles. The summed E-state index contributed by atoms with van der Waals surface area (Å²) in [6.07, 6.45) is 0. The maximum atomic E-state index is 5.62. The maximum Gasteiger partial charge on any atom is 0.169 e. The first-order chi connectivity index (χ1) is 8.13. The number of hydrogen-bond donors (Lipinski definition) is 1. The third-order valence-electron chi connectivity index (χ3n) is 2.79. The van der Waals surface area contributed by atoms with Crippen LogP contribution in [0.15, 0.2) is 43.9 Å². The van der Waals surface area contributed by atoms with Crippen molar-refractivity contribution in [3.63, 3.8) is 0 Å². The highest BCUT2D eigenvalue weighted by atomic mass is 79.9. The zero-order chi connectivity index (χ0) is 12.4. The van der Waals surface area contributed by atoms with E-state index < -0.39 is 0 Å². The van der Waals surface area contributed by atoms with E-state index in [0.717, 1.165) is 14.9 Å². The molecule has 1 aromatic carbocycles. The van der Waals surface area contributed by atoms with E-state index in [1.165, 1.54) is 11.1 Å². The molecule has 0 radical (unpaired) electrons. The van der Waals surface area contributed by atoms with Gasteiger partial charge in [0.15, 0.2) is 4.67 Å². The molecule has 2 rings (SSSR count). The third-order valence-corrected chi connectivity index (χ3v) is 4.07. The first-order valence-corrected chi connectivity index (χ1v) is 6.89. The Kier molecular flexibility index (Phi) is 4.07. The van der Waals surface area contributed by atoms with Crippen molar-refractivity contribution < 1.29 is 4.42 Å². The van der Waals surface area contributed by atoms with Gasteiger partial charge in [-0.2, -0.15) is 0 Å². The molecule has 0 fully saturated rings. The Morgan fingerprint density at radius 1 is 1.18 bits per heavy atom. The van der Waals surface area contributed by atoms with E-state index in [9.17, 15) is 0 Å². The summed E-state index contributed by atoms with van der Waals surface area (Å²) < 4.78 is 7.49. The van der Waals surface area contributed by atoms with Gasteiger partial charge in [-0.1, -0.05) is 28.1 Å². The molecule has 0 amide bonds. The maximum absolute atomic E-state index is 5.62. The fourth-order valence-corrected chi connectivity index (χ4v) is 2.57. The Morgan fingerprint density at radius 3 is 2.53 bits per heavy atom. The number of benzene rings is 1. The molecule has 0 aliphatic heterocycles. The molecule has 0 bridgehead atoms. The Labute approximate surface area is 118 Å². The van der Waals surface area contributed by atoms with Crippen LogP contribution in [0, 0.1) is 6.92 Å². The molecule has 0 saturated carbocycles. The minimum absolute atomic E-state index is 0.0683. The van der Waals surface area contributed by atoms with Crippen molar-refractivity contribution >= 4 is 31.9 Å². The molecule has 4 heteroatoms. The largest absolute Gasteiger partial charge is 0.452 e. The van der Waals surface area contributed by atoms with Crippen LogP contribution in [0.1, 0.15) is 22.9 Å². The van der Waals surface area contributed by atoms with E-state index in [-0.39, 0.29) is 6.04 Å². The molecule has 0 aliphatic rings. The lowest BCUT2D eigenvalue weighted by atomic mass is 10.00. The van der Waals surface area contributed by atoms with Crippen molar-refractivity contribution in [1.82, 2.24) is 5.32 Å². The Morgan fingerprint density at radius 2 is 1.94 bits per heavy atom. The van der Waals surface area contributed by atoms with Crippen LogP contribution in [-0.2, 0) is 0 Å². The van der Waals surface area contributed by atoms with Gasteiger partial charge in [0, 0.05) is 4.47 Å². The smallest absolute Gasteiger partial charge is 0.169 e. The monoisotopic (exact) mass is 357 g/mol. The first-order valence-electron chi connectivity index (χ1n) is 5.31. The van der Waals surface area contributed by atoms with Gasteiger partial charge in [-0.25, -0.2) is 0 Å². The van der Waals surface area contributed by atoms with Crippen molar-refractivity contribution in [1.29, 1.82) is 0 Å². The summed E-state index contributed by atoms with van der Waals surface area (Å²) >= 11 is 6.89. The topological polar surface area (TPSA) is 25.2 Å². The second-order valence-corrected chi connectivity index (χ2v) is 5.45. The Bertz CT molecular complexity index is 522. The number of halogens is 2. The van der Waals surface area contributed by atoms with E-state index in [1.54, 1.807) is 0 Å². The lowest BCUT2D eigenvalue weighted by molar-refractivity contribution is 0.446. The van der Waals surface area contributed by atoms with Crippen LogP contribution in [0.4, 0.5) is 0 Å². The fourth-order valence-electron chi connectivity index (χ4n) is 1.87. The minimum Gasteiger partial charge on any atom is -0.452 e. The summed E-state index contributed by atoms with van der Waals surface area (Å²) in [5.74, 6) is 0.903. The third kappa shape index (κ3) is 2.64. The van der Waals surface area contributed by atoms with E-state index in [0.29, 0.717) is 0 Å². The molecule has 1 heterocycles. The molecular formula is C13H13Br2NO. The number of nitrogens with one attached hydrogen (secondary N) is 1. The van der Waals surface area contributed by atoms with E-state index in [1.807, 2.05) is 31.3 Å².